The summed E-state index contributed by atoms with van der Waals surface area (Å²) < 4.78 is 2.04. The highest BCUT2D eigenvalue weighted by atomic mass is 16.2. The summed E-state index contributed by atoms with van der Waals surface area (Å²) in [7, 11) is 5.45. The maximum Gasteiger partial charge on any atom is 0.320 e. The van der Waals surface area contributed by atoms with Crippen LogP contribution < -0.4 is 0 Å². The van der Waals surface area contributed by atoms with E-state index < -0.39 is 0 Å². The molecule has 0 spiro atoms. The van der Waals surface area contributed by atoms with Gasteiger partial charge in [-0.15, -0.1) is 0 Å². The first-order valence-electron chi connectivity index (χ1n) is 8.72. The zero-order valence-corrected chi connectivity index (χ0v) is 15.5. The monoisotopic (exact) mass is 334 g/mol. The highest BCUT2D eigenvalue weighted by Gasteiger charge is 2.35. The summed E-state index contributed by atoms with van der Waals surface area (Å²) in [6.07, 6.45) is 4.93. The number of carbonyl (C=O) groups excluding carboxylic acids is 2. The second-order valence-electron chi connectivity index (χ2n) is 6.93. The Hall–Kier alpha value is -1.98. The van der Waals surface area contributed by atoms with Crippen LogP contribution in [0.4, 0.5) is 4.79 Å². The Morgan fingerprint density at radius 1 is 1.33 bits per heavy atom. The summed E-state index contributed by atoms with van der Waals surface area (Å²) in [6, 6.07) is 4.29. The second-order valence-corrected chi connectivity index (χ2v) is 6.93. The standard InChI is InChI=1S/C18H30N4O2/c1-6-14(2)21(18(24)19(3)4)13-17(23)22(15-9-10-15)12-16-8-7-11-20(16)5/h7-8,11,14-15H,6,9-10,12-13H2,1-5H3. The van der Waals surface area contributed by atoms with E-state index in [9.17, 15) is 9.59 Å². The van der Waals surface area contributed by atoms with Crippen molar-refractivity contribution in [1.29, 1.82) is 0 Å². The minimum Gasteiger partial charge on any atom is -0.353 e. The van der Waals surface area contributed by atoms with E-state index in [1.54, 1.807) is 19.0 Å². The number of rotatable bonds is 7. The number of urea groups is 1. The van der Waals surface area contributed by atoms with Crippen molar-refractivity contribution in [2.45, 2.75) is 51.7 Å². The number of hydrogen-bond acceptors (Lipinski definition) is 2. The average molecular weight is 334 g/mol. The molecule has 6 heteroatoms. The summed E-state index contributed by atoms with van der Waals surface area (Å²) in [5, 5.41) is 0. The molecule has 134 valence electrons. The summed E-state index contributed by atoms with van der Waals surface area (Å²) in [6.45, 7) is 4.78. The van der Waals surface area contributed by atoms with Crippen LogP contribution in [0, 0.1) is 0 Å². The Labute approximate surface area is 145 Å². The van der Waals surface area contributed by atoms with Crippen molar-refractivity contribution in [2.24, 2.45) is 7.05 Å². The molecule has 0 N–H and O–H groups in total. The molecular weight excluding hydrogens is 304 g/mol. The molecule has 0 bridgehead atoms. The van der Waals surface area contributed by atoms with Crippen LogP contribution in [0.3, 0.4) is 0 Å². The van der Waals surface area contributed by atoms with E-state index in [-0.39, 0.29) is 24.5 Å². The first-order valence-corrected chi connectivity index (χ1v) is 8.72. The average Bonchev–Trinajstić information content (AvgIpc) is 3.31. The van der Waals surface area contributed by atoms with Gasteiger partial charge in [0, 0.05) is 45.1 Å². The first-order chi connectivity index (χ1) is 11.3. The number of amides is 3. The van der Waals surface area contributed by atoms with Crippen LogP contribution in [0.5, 0.6) is 0 Å². The smallest absolute Gasteiger partial charge is 0.320 e. The lowest BCUT2D eigenvalue weighted by Gasteiger charge is -2.33. The molecule has 0 radical (unpaired) electrons. The minimum absolute atomic E-state index is 0.0363. The van der Waals surface area contributed by atoms with Crippen LogP contribution in [-0.2, 0) is 18.4 Å². The molecule has 0 aromatic carbocycles. The SMILES string of the molecule is CCC(C)N(CC(=O)N(Cc1cccn1C)C1CC1)C(=O)N(C)C. The fourth-order valence-corrected chi connectivity index (χ4v) is 2.77. The highest BCUT2D eigenvalue weighted by Crippen LogP contribution is 2.28. The third-order valence-electron chi connectivity index (χ3n) is 4.75. The molecule has 1 unspecified atom stereocenters. The topological polar surface area (TPSA) is 48.8 Å². The van der Waals surface area contributed by atoms with Crippen LogP contribution in [0.2, 0.25) is 0 Å². The Kier molecular flexibility index (Phi) is 5.91. The molecule has 1 heterocycles. The number of aryl methyl sites for hydroxylation is 1. The number of hydrogen-bond donors (Lipinski definition) is 0. The van der Waals surface area contributed by atoms with Gasteiger partial charge in [-0.3, -0.25) is 4.79 Å². The maximum atomic E-state index is 12.9. The third-order valence-corrected chi connectivity index (χ3v) is 4.75. The molecule has 1 saturated carbocycles. The largest absolute Gasteiger partial charge is 0.353 e. The fraction of sp³-hybridized carbons (Fsp3) is 0.667. The Morgan fingerprint density at radius 2 is 2.00 bits per heavy atom. The van der Waals surface area contributed by atoms with Crippen LogP contribution in [0.15, 0.2) is 18.3 Å². The van der Waals surface area contributed by atoms with Crippen LogP contribution in [0.25, 0.3) is 0 Å². The van der Waals surface area contributed by atoms with E-state index >= 15 is 0 Å². The molecule has 3 amide bonds. The molecule has 1 fully saturated rings. The van der Waals surface area contributed by atoms with Crippen molar-refractivity contribution in [3.05, 3.63) is 24.0 Å². The molecule has 1 aromatic rings. The van der Waals surface area contributed by atoms with Gasteiger partial charge in [-0.05, 0) is 38.3 Å². The zero-order valence-electron chi connectivity index (χ0n) is 15.5. The Bertz CT molecular complexity index is 577. The maximum absolute atomic E-state index is 12.9. The van der Waals surface area contributed by atoms with Crippen molar-refractivity contribution in [2.75, 3.05) is 20.6 Å². The highest BCUT2D eigenvalue weighted by molar-refractivity contribution is 5.84. The van der Waals surface area contributed by atoms with Gasteiger partial charge in [0.25, 0.3) is 0 Å². The molecule has 1 aliphatic rings. The normalized spacial score (nSPS) is 15.0. The van der Waals surface area contributed by atoms with E-state index in [1.807, 2.05) is 48.7 Å². The predicted molar refractivity (Wildman–Crippen MR) is 94.5 cm³/mol. The van der Waals surface area contributed by atoms with Gasteiger partial charge >= 0.3 is 6.03 Å². The molecule has 0 saturated heterocycles. The lowest BCUT2D eigenvalue weighted by atomic mass is 10.2. The van der Waals surface area contributed by atoms with Gasteiger partial charge in [-0.2, -0.15) is 0 Å². The van der Waals surface area contributed by atoms with Crippen LogP contribution in [-0.4, -0.2) is 63.9 Å². The van der Waals surface area contributed by atoms with Gasteiger partial charge in [-0.25, -0.2) is 4.79 Å². The third kappa shape index (κ3) is 4.30. The molecule has 1 aliphatic carbocycles. The van der Waals surface area contributed by atoms with Crippen molar-refractivity contribution < 1.29 is 9.59 Å². The van der Waals surface area contributed by atoms with Crippen molar-refractivity contribution in [3.63, 3.8) is 0 Å². The van der Waals surface area contributed by atoms with Gasteiger partial charge in [-0.1, -0.05) is 6.92 Å². The summed E-state index contributed by atoms with van der Waals surface area (Å²) in [4.78, 5) is 30.5. The van der Waals surface area contributed by atoms with Crippen molar-refractivity contribution in [1.82, 2.24) is 19.3 Å². The van der Waals surface area contributed by atoms with Gasteiger partial charge in [0.1, 0.15) is 6.54 Å². The summed E-state index contributed by atoms with van der Waals surface area (Å²) in [5.74, 6) is 0.0363. The summed E-state index contributed by atoms with van der Waals surface area (Å²) >= 11 is 0. The second kappa shape index (κ2) is 7.73. The number of aromatic nitrogens is 1. The number of nitrogens with zero attached hydrogens (tertiary/aromatic N) is 4. The quantitative estimate of drug-likeness (QED) is 0.768. The molecule has 1 aromatic heterocycles. The van der Waals surface area contributed by atoms with Gasteiger partial charge < -0.3 is 19.3 Å². The van der Waals surface area contributed by atoms with E-state index in [0.717, 1.165) is 25.0 Å². The molecule has 24 heavy (non-hydrogen) atoms. The fourth-order valence-electron chi connectivity index (χ4n) is 2.77. The summed E-state index contributed by atoms with van der Waals surface area (Å²) in [5.41, 5.74) is 1.12. The molecule has 2 rings (SSSR count). The van der Waals surface area contributed by atoms with Crippen LogP contribution in [0.1, 0.15) is 38.8 Å². The molecule has 6 nitrogen and oxygen atoms in total. The molecule has 0 aliphatic heterocycles. The predicted octanol–water partition coefficient (Wildman–Crippen LogP) is 2.30. The van der Waals surface area contributed by atoms with Gasteiger partial charge in [0.05, 0.1) is 6.54 Å². The molecular formula is C18H30N4O2. The van der Waals surface area contributed by atoms with E-state index in [4.69, 9.17) is 0 Å². The van der Waals surface area contributed by atoms with E-state index in [1.165, 1.54) is 4.90 Å². The molecule has 1 atom stereocenters. The first kappa shape index (κ1) is 18.4. The Balaban J connectivity index is 2.10. The van der Waals surface area contributed by atoms with Crippen molar-refractivity contribution >= 4 is 11.9 Å². The Morgan fingerprint density at radius 3 is 2.46 bits per heavy atom. The lowest BCUT2D eigenvalue weighted by Crippen LogP contribution is -2.50. The lowest BCUT2D eigenvalue weighted by molar-refractivity contribution is -0.133. The van der Waals surface area contributed by atoms with Crippen molar-refractivity contribution in [3.8, 4) is 0 Å². The van der Waals surface area contributed by atoms with E-state index in [0.29, 0.717) is 12.6 Å². The van der Waals surface area contributed by atoms with E-state index in [2.05, 4.69) is 0 Å². The van der Waals surface area contributed by atoms with Gasteiger partial charge in [0.2, 0.25) is 5.91 Å². The zero-order chi connectivity index (χ0) is 17.9. The number of carbonyl (C=O) groups is 2. The minimum atomic E-state index is -0.104. The van der Waals surface area contributed by atoms with Gasteiger partial charge in [0.15, 0.2) is 0 Å². The van der Waals surface area contributed by atoms with Crippen LogP contribution >= 0.6 is 0 Å².